The molecule has 1 aliphatic carbocycles. The number of benzene rings is 1. The highest BCUT2D eigenvalue weighted by molar-refractivity contribution is 9.10. The van der Waals surface area contributed by atoms with E-state index in [1.54, 1.807) is 6.07 Å². The lowest BCUT2D eigenvalue weighted by molar-refractivity contribution is -0.386. The molecule has 2 unspecified atom stereocenters. The number of halogens is 1. The van der Waals surface area contributed by atoms with Gasteiger partial charge in [-0.3, -0.25) is 14.9 Å². The Balaban J connectivity index is 2.19. The minimum Gasteiger partial charge on any atom is -0.480 e. The normalized spacial score (nSPS) is 22.4. The zero-order valence-corrected chi connectivity index (χ0v) is 11.0. The van der Waals surface area contributed by atoms with Crippen molar-refractivity contribution in [1.82, 2.24) is 0 Å². The maximum atomic E-state index is 11.2. The van der Waals surface area contributed by atoms with Crippen LogP contribution in [0.4, 0.5) is 5.69 Å². The van der Waals surface area contributed by atoms with Gasteiger partial charge in [0, 0.05) is 24.1 Å². The molecule has 1 saturated carbocycles. The topological polar surface area (TPSA) is 78.7 Å². The Morgan fingerprint density at radius 2 is 2.22 bits per heavy atom. The Bertz CT molecular complexity index is 504. The SMILES string of the molecule is COC1C(=O)CC1Oc1ccc(Br)cc1[N+](=O)[O-]. The predicted molar refractivity (Wildman–Crippen MR) is 65.6 cm³/mol. The molecule has 96 valence electrons. The second-order valence-corrected chi connectivity index (χ2v) is 4.77. The molecular formula is C11H10BrNO5. The third-order valence-corrected chi connectivity index (χ3v) is 3.20. The van der Waals surface area contributed by atoms with E-state index in [-0.39, 0.29) is 23.6 Å². The summed E-state index contributed by atoms with van der Waals surface area (Å²) >= 11 is 3.16. The largest absolute Gasteiger partial charge is 0.480 e. The number of carbonyl (C=O) groups excluding carboxylic acids is 1. The summed E-state index contributed by atoms with van der Waals surface area (Å²) in [5, 5.41) is 10.9. The molecule has 0 saturated heterocycles. The van der Waals surface area contributed by atoms with Gasteiger partial charge in [0.25, 0.3) is 0 Å². The fraction of sp³-hybridized carbons (Fsp3) is 0.364. The first-order chi connectivity index (χ1) is 8.52. The molecular weight excluding hydrogens is 306 g/mol. The summed E-state index contributed by atoms with van der Waals surface area (Å²) in [5.41, 5.74) is -0.140. The van der Waals surface area contributed by atoms with Gasteiger partial charge in [-0.1, -0.05) is 15.9 Å². The maximum absolute atomic E-state index is 11.2. The number of hydrogen-bond acceptors (Lipinski definition) is 5. The molecule has 6 nitrogen and oxygen atoms in total. The van der Waals surface area contributed by atoms with E-state index in [1.807, 2.05) is 0 Å². The van der Waals surface area contributed by atoms with Crippen LogP contribution in [0.1, 0.15) is 6.42 Å². The lowest BCUT2D eigenvalue weighted by atomic mass is 9.90. The predicted octanol–water partition coefficient (Wildman–Crippen LogP) is 2.09. The van der Waals surface area contributed by atoms with Crippen molar-refractivity contribution in [1.29, 1.82) is 0 Å². The van der Waals surface area contributed by atoms with Crippen molar-refractivity contribution in [3.63, 3.8) is 0 Å². The number of carbonyl (C=O) groups is 1. The summed E-state index contributed by atoms with van der Waals surface area (Å²) in [5.74, 6) is 0.0880. The minimum atomic E-state index is -0.631. The molecule has 1 aromatic rings. The quantitative estimate of drug-likeness (QED) is 0.628. The summed E-state index contributed by atoms with van der Waals surface area (Å²) in [7, 11) is 1.41. The standard InChI is InChI=1S/C11H10BrNO5/c1-17-11-8(14)5-10(11)18-9-3-2-6(12)4-7(9)13(15)16/h2-4,10-11H,5H2,1H3. The molecule has 0 radical (unpaired) electrons. The highest BCUT2D eigenvalue weighted by Gasteiger charge is 2.42. The van der Waals surface area contributed by atoms with E-state index in [1.165, 1.54) is 19.2 Å². The lowest BCUT2D eigenvalue weighted by Gasteiger charge is -2.33. The van der Waals surface area contributed by atoms with Crippen molar-refractivity contribution in [3.8, 4) is 5.75 Å². The summed E-state index contributed by atoms with van der Waals surface area (Å²) < 4.78 is 11.0. The van der Waals surface area contributed by atoms with Crippen molar-refractivity contribution in [2.24, 2.45) is 0 Å². The zero-order valence-electron chi connectivity index (χ0n) is 9.46. The van der Waals surface area contributed by atoms with Crippen LogP contribution >= 0.6 is 15.9 Å². The van der Waals surface area contributed by atoms with Crippen LogP contribution in [0.3, 0.4) is 0 Å². The molecule has 0 amide bonds. The van der Waals surface area contributed by atoms with Gasteiger partial charge in [-0.2, -0.15) is 0 Å². The van der Waals surface area contributed by atoms with E-state index in [2.05, 4.69) is 15.9 Å². The van der Waals surface area contributed by atoms with Crippen molar-refractivity contribution in [3.05, 3.63) is 32.8 Å². The number of Topliss-reactive ketones (excluding diaryl/α,β-unsaturated/α-hetero) is 1. The average Bonchev–Trinajstić information content (AvgIpc) is 2.30. The van der Waals surface area contributed by atoms with Gasteiger partial charge >= 0.3 is 5.69 Å². The number of ketones is 1. The number of rotatable bonds is 4. The van der Waals surface area contributed by atoms with E-state index >= 15 is 0 Å². The van der Waals surface area contributed by atoms with E-state index in [0.717, 1.165) is 0 Å². The minimum absolute atomic E-state index is 0.0535. The van der Waals surface area contributed by atoms with Gasteiger partial charge < -0.3 is 9.47 Å². The molecule has 18 heavy (non-hydrogen) atoms. The van der Waals surface area contributed by atoms with Crippen molar-refractivity contribution >= 4 is 27.4 Å². The highest BCUT2D eigenvalue weighted by Crippen LogP contribution is 2.33. The molecule has 2 rings (SSSR count). The van der Waals surface area contributed by atoms with Crippen LogP contribution in [-0.4, -0.2) is 30.0 Å². The molecule has 0 aliphatic heterocycles. The fourth-order valence-corrected chi connectivity index (χ4v) is 2.10. The first-order valence-electron chi connectivity index (χ1n) is 5.19. The van der Waals surface area contributed by atoms with Crippen LogP contribution in [0, 0.1) is 10.1 Å². The van der Waals surface area contributed by atoms with Crippen LogP contribution in [0.15, 0.2) is 22.7 Å². The van der Waals surface area contributed by atoms with E-state index in [9.17, 15) is 14.9 Å². The van der Waals surface area contributed by atoms with Gasteiger partial charge in [0.2, 0.25) is 0 Å². The van der Waals surface area contributed by atoms with Crippen LogP contribution < -0.4 is 4.74 Å². The van der Waals surface area contributed by atoms with Gasteiger partial charge in [0.1, 0.15) is 6.10 Å². The van der Waals surface area contributed by atoms with Crippen LogP contribution in [-0.2, 0) is 9.53 Å². The number of ether oxygens (including phenoxy) is 2. The Kier molecular flexibility index (Phi) is 3.63. The third-order valence-electron chi connectivity index (χ3n) is 2.71. The summed E-state index contributed by atoms with van der Waals surface area (Å²) in [6.45, 7) is 0. The fourth-order valence-electron chi connectivity index (χ4n) is 1.75. The number of nitrogens with zero attached hydrogens (tertiary/aromatic N) is 1. The second-order valence-electron chi connectivity index (χ2n) is 3.85. The summed E-state index contributed by atoms with van der Waals surface area (Å²) in [6.07, 6.45) is -0.873. The molecule has 1 aliphatic rings. The van der Waals surface area contributed by atoms with Crippen molar-refractivity contribution < 1.29 is 19.2 Å². The van der Waals surface area contributed by atoms with Gasteiger partial charge in [0.15, 0.2) is 17.6 Å². The molecule has 1 aromatic carbocycles. The second kappa shape index (κ2) is 5.03. The summed E-state index contributed by atoms with van der Waals surface area (Å²) in [4.78, 5) is 21.5. The molecule has 0 bridgehead atoms. The Morgan fingerprint density at radius 3 is 2.78 bits per heavy atom. The Hall–Kier alpha value is -1.47. The van der Waals surface area contributed by atoms with Crippen LogP contribution in [0.5, 0.6) is 5.75 Å². The number of methoxy groups -OCH3 is 1. The molecule has 7 heteroatoms. The lowest BCUT2D eigenvalue weighted by Crippen LogP contribution is -2.51. The number of nitro groups is 1. The average molecular weight is 316 g/mol. The highest BCUT2D eigenvalue weighted by atomic mass is 79.9. The van der Waals surface area contributed by atoms with Gasteiger partial charge in [-0.05, 0) is 12.1 Å². The van der Waals surface area contributed by atoms with Crippen molar-refractivity contribution in [2.75, 3.05) is 7.11 Å². The van der Waals surface area contributed by atoms with E-state index in [4.69, 9.17) is 9.47 Å². The molecule has 1 fully saturated rings. The zero-order chi connectivity index (χ0) is 13.3. The van der Waals surface area contributed by atoms with Gasteiger partial charge in [-0.25, -0.2) is 0 Å². The van der Waals surface area contributed by atoms with Crippen molar-refractivity contribution in [2.45, 2.75) is 18.6 Å². The Morgan fingerprint density at radius 1 is 1.50 bits per heavy atom. The maximum Gasteiger partial charge on any atom is 0.312 e. The Labute approximate surface area is 111 Å². The third kappa shape index (κ3) is 2.37. The molecule has 2 atom stereocenters. The monoisotopic (exact) mass is 315 g/mol. The number of hydrogen-bond donors (Lipinski definition) is 0. The molecule has 0 heterocycles. The van der Waals surface area contributed by atoms with E-state index in [0.29, 0.717) is 4.47 Å². The molecule has 0 N–H and O–H groups in total. The number of nitro benzene ring substituents is 1. The summed E-state index contributed by atoms with van der Waals surface area (Å²) in [6, 6.07) is 4.50. The van der Waals surface area contributed by atoms with Crippen LogP contribution in [0.2, 0.25) is 0 Å². The van der Waals surface area contributed by atoms with Gasteiger partial charge in [0.05, 0.1) is 4.92 Å². The molecule has 0 aromatic heterocycles. The van der Waals surface area contributed by atoms with Gasteiger partial charge in [-0.15, -0.1) is 0 Å². The first-order valence-corrected chi connectivity index (χ1v) is 5.98. The van der Waals surface area contributed by atoms with E-state index < -0.39 is 17.1 Å². The van der Waals surface area contributed by atoms with Crippen LogP contribution in [0.25, 0.3) is 0 Å². The first kappa shape index (κ1) is 13.0. The smallest absolute Gasteiger partial charge is 0.312 e. The molecule has 0 spiro atoms.